The molecule has 2 aromatic rings. The maximum atomic E-state index is 14.0. The molecule has 1 aliphatic heterocycles. The summed E-state index contributed by atoms with van der Waals surface area (Å²) in [7, 11) is -4.03. The number of carbonyl (C=O) groups excluding carboxylic acids is 1. The second kappa shape index (κ2) is 8.84. The van der Waals surface area contributed by atoms with E-state index >= 15 is 0 Å². The lowest BCUT2D eigenvalue weighted by molar-refractivity contribution is -0.137. The van der Waals surface area contributed by atoms with Crippen molar-refractivity contribution < 1.29 is 31.1 Å². The van der Waals surface area contributed by atoms with Gasteiger partial charge < -0.3 is 9.64 Å². The van der Waals surface area contributed by atoms with Crippen molar-refractivity contribution in [3.05, 3.63) is 53.6 Å². The topological polar surface area (TPSA) is 63.7 Å². The Bertz CT molecular complexity index is 1210. The second-order valence-electron chi connectivity index (χ2n) is 9.98. The highest BCUT2D eigenvalue weighted by Gasteiger charge is 2.48. The lowest BCUT2D eigenvalue weighted by Crippen LogP contribution is -2.42. The van der Waals surface area contributed by atoms with Crippen molar-refractivity contribution in [1.29, 1.82) is 0 Å². The Morgan fingerprint density at radius 3 is 2.20 bits per heavy atom. The highest BCUT2D eigenvalue weighted by molar-refractivity contribution is 7.92. The Hall–Kier alpha value is -2.55. The van der Waals surface area contributed by atoms with Gasteiger partial charge in [-0.05, 0) is 75.6 Å². The fourth-order valence-electron chi connectivity index (χ4n) is 5.13. The lowest BCUT2D eigenvalue weighted by atomic mass is 9.83. The number of halogens is 3. The Morgan fingerprint density at radius 2 is 1.63 bits per heavy atom. The third-order valence-corrected chi connectivity index (χ3v) is 9.74. The summed E-state index contributed by atoms with van der Waals surface area (Å²) >= 11 is 0. The molecule has 190 valence electrons. The predicted molar refractivity (Wildman–Crippen MR) is 127 cm³/mol. The normalized spacial score (nSPS) is 20.1. The van der Waals surface area contributed by atoms with Crippen LogP contribution in [0.3, 0.4) is 0 Å². The summed E-state index contributed by atoms with van der Waals surface area (Å²) in [5.74, 6) is 0.368. The summed E-state index contributed by atoms with van der Waals surface area (Å²) in [6.07, 6.45) is -1.57. The Kier molecular flexibility index (Phi) is 6.45. The van der Waals surface area contributed by atoms with Gasteiger partial charge in [0.2, 0.25) is 5.91 Å². The highest BCUT2D eigenvalue weighted by Crippen LogP contribution is 2.49. The zero-order chi connectivity index (χ0) is 25.6. The van der Waals surface area contributed by atoms with E-state index in [9.17, 15) is 26.4 Å². The van der Waals surface area contributed by atoms with E-state index in [4.69, 9.17) is 4.74 Å². The molecule has 1 amide bonds. The summed E-state index contributed by atoms with van der Waals surface area (Å²) in [4.78, 5) is 14.5. The minimum absolute atomic E-state index is 0.0729. The van der Waals surface area contributed by atoms with E-state index in [0.717, 1.165) is 30.7 Å². The molecule has 0 bridgehead atoms. The number of sulfone groups is 1. The van der Waals surface area contributed by atoms with Gasteiger partial charge in [0.25, 0.3) is 0 Å². The zero-order valence-corrected chi connectivity index (χ0v) is 20.9. The van der Waals surface area contributed by atoms with Gasteiger partial charge in [-0.2, -0.15) is 13.2 Å². The number of ether oxygens (including phenoxy) is 1. The smallest absolute Gasteiger partial charge is 0.416 e. The van der Waals surface area contributed by atoms with Gasteiger partial charge in [-0.1, -0.05) is 25.3 Å². The van der Waals surface area contributed by atoms with Gasteiger partial charge in [0.1, 0.15) is 17.1 Å². The van der Waals surface area contributed by atoms with Crippen molar-refractivity contribution in [2.24, 2.45) is 5.41 Å². The van der Waals surface area contributed by atoms with Crippen molar-refractivity contribution in [2.75, 3.05) is 18.1 Å². The van der Waals surface area contributed by atoms with E-state index in [0.29, 0.717) is 49.2 Å². The average Bonchev–Trinajstić information content (AvgIpc) is 2.92. The number of alkyl halides is 3. The molecule has 0 saturated heterocycles. The molecule has 4 rings (SSSR count). The van der Waals surface area contributed by atoms with Crippen molar-refractivity contribution >= 4 is 21.4 Å². The number of rotatable bonds is 4. The number of hydrogen-bond acceptors (Lipinski definition) is 4. The number of benzene rings is 2. The molecule has 1 aliphatic carbocycles. The van der Waals surface area contributed by atoms with E-state index in [2.05, 4.69) is 0 Å². The van der Waals surface area contributed by atoms with Gasteiger partial charge in [-0.15, -0.1) is 0 Å². The summed E-state index contributed by atoms with van der Waals surface area (Å²) in [5, 5.41) is 0. The van der Waals surface area contributed by atoms with Crippen molar-refractivity contribution in [3.63, 3.8) is 0 Å². The van der Waals surface area contributed by atoms with Crippen LogP contribution in [-0.4, -0.2) is 27.5 Å². The summed E-state index contributed by atoms with van der Waals surface area (Å²) in [5.41, 5.74) is -0.507. The molecule has 1 saturated carbocycles. The number of hydrogen-bond donors (Lipinski definition) is 0. The SMILES string of the molecule is CCN1C(=O)C(C)(C)COc2cc(C3(S(=O)(=O)c4ccc(C(F)(F)F)cc4)CCCCC3)ccc21. The molecule has 2 aliphatic rings. The number of amides is 1. The highest BCUT2D eigenvalue weighted by atomic mass is 32.2. The van der Waals surface area contributed by atoms with Crippen LogP contribution in [0, 0.1) is 5.41 Å². The molecular formula is C26H30F3NO4S. The minimum atomic E-state index is -4.55. The van der Waals surface area contributed by atoms with E-state index < -0.39 is 31.7 Å². The molecule has 0 aromatic heterocycles. The van der Waals surface area contributed by atoms with Gasteiger partial charge in [-0.25, -0.2) is 8.42 Å². The van der Waals surface area contributed by atoms with Gasteiger partial charge in [0, 0.05) is 6.54 Å². The number of anilines is 1. The lowest BCUT2D eigenvalue weighted by Gasteiger charge is -2.37. The predicted octanol–water partition coefficient (Wildman–Crippen LogP) is 6.11. The van der Waals surface area contributed by atoms with Crippen LogP contribution in [-0.2, 0) is 25.6 Å². The Labute approximate surface area is 204 Å². The zero-order valence-electron chi connectivity index (χ0n) is 20.1. The van der Waals surface area contributed by atoms with Crippen LogP contribution in [0.4, 0.5) is 18.9 Å². The van der Waals surface area contributed by atoms with Crippen LogP contribution in [0.2, 0.25) is 0 Å². The first-order valence-corrected chi connectivity index (χ1v) is 13.3. The van der Waals surface area contributed by atoms with Crippen LogP contribution in [0.1, 0.15) is 64.0 Å². The summed E-state index contributed by atoms with van der Waals surface area (Å²) in [6, 6.07) is 8.89. The van der Waals surface area contributed by atoms with Crippen molar-refractivity contribution in [2.45, 2.75) is 68.7 Å². The number of fused-ring (bicyclic) bond motifs is 1. The molecule has 0 spiro atoms. The molecule has 1 heterocycles. The molecule has 5 nitrogen and oxygen atoms in total. The van der Waals surface area contributed by atoms with Gasteiger partial charge in [0.05, 0.1) is 21.6 Å². The molecule has 0 N–H and O–H groups in total. The fourth-order valence-corrected chi connectivity index (χ4v) is 7.34. The van der Waals surface area contributed by atoms with Crippen LogP contribution < -0.4 is 9.64 Å². The molecular weight excluding hydrogens is 479 g/mol. The first kappa shape index (κ1) is 25.5. The maximum absolute atomic E-state index is 14.0. The third kappa shape index (κ3) is 4.32. The van der Waals surface area contributed by atoms with Gasteiger partial charge in [-0.3, -0.25) is 4.79 Å². The van der Waals surface area contributed by atoms with E-state index in [1.807, 2.05) is 20.8 Å². The molecule has 1 fully saturated rings. The Balaban J connectivity index is 1.82. The molecule has 0 unspecified atom stereocenters. The van der Waals surface area contributed by atoms with Gasteiger partial charge in [0.15, 0.2) is 9.84 Å². The van der Waals surface area contributed by atoms with Crippen LogP contribution in [0.25, 0.3) is 0 Å². The molecule has 0 atom stereocenters. The minimum Gasteiger partial charge on any atom is -0.490 e. The Morgan fingerprint density at radius 1 is 1.00 bits per heavy atom. The monoisotopic (exact) mass is 509 g/mol. The molecule has 0 radical (unpaired) electrons. The molecule has 35 heavy (non-hydrogen) atoms. The van der Waals surface area contributed by atoms with E-state index in [1.165, 1.54) is 0 Å². The van der Waals surface area contributed by atoms with E-state index in [1.54, 1.807) is 23.1 Å². The van der Waals surface area contributed by atoms with Crippen molar-refractivity contribution in [1.82, 2.24) is 0 Å². The first-order chi connectivity index (χ1) is 16.3. The summed E-state index contributed by atoms with van der Waals surface area (Å²) in [6.45, 7) is 6.07. The summed E-state index contributed by atoms with van der Waals surface area (Å²) < 4.78 is 71.9. The fraction of sp³-hybridized carbons (Fsp3) is 0.500. The van der Waals surface area contributed by atoms with Crippen LogP contribution >= 0.6 is 0 Å². The maximum Gasteiger partial charge on any atom is 0.416 e. The third-order valence-electron chi connectivity index (χ3n) is 7.17. The molecule has 9 heteroatoms. The quantitative estimate of drug-likeness (QED) is 0.499. The molecule has 2 aromatic carbocycles. The second-order valence-corrected chi connectivity index (χ2v) is 12.2. The van der Waals surface area contributed by atoms with Gasteiger partial charge >= 0.3 is 6.18 Å². The van der Waals surface area contributed by atoms with Crippen molar-refractivity contribution in [3.8, 4) is 5.75 Å². The number of nitrogens with zero attached hydrogens (tertiary/aromatic N) is 1. The standard InChI is InChI=1S/C26H30F3NO4S/c1-4-30-21-13-10-19(16-22(21)34-17-24(2,3)23(30)31)25(14-6-5-7-15-25)35(32,33)20-11-8-18(9-12-20)26(27,28)29/h8-13,16H,4-7,14-15,17H2,1-3H3. The van der Waals surface area contributed by atoms with Crippen LogP contribution in [0.15, 0.2) is 47.4 Å². The average molecular weight is 510 g/mol. The van der Waals surface area contributed by atoms with E-state index in [-0.39, 0.29) is 17.4 Å². The largest absolute Gasteiger partial charge is 0.490 e. The number of carbonyl (C=O) groups is 1. The van der Waals surface area contributed by atoms with Crippen LogP contribution in [0.5, 0.6) is 5.75 Å². The first-order valence-electron chi connectivity index (χ1n) is 11.8.